The first-order chi connectivity index (χ1) is 26.8. The standard InChI is InChI=1S/C50H32N2O2/c1-3-11-33(12-4-1)34-19-24-38(25-20-34)51(40-28-29-43-48(32-40)54-49-42-16-8-10-18-47(42)53-50(43)49)39-26-21-35(22-27-39)36-23-30-46-44(31-36)41-15-7-9-17-45(41)52(46)37-13-5-2-6-14-37/h1-32H. The van der Waals surface area contributed by atoms with Crippen LogP contribution in [0, 0.1) is 0 Å². The van der Waals surface area contributed by atoms with Crippen LogP contribution in [0.1, 0.15) is 0 Å². The Balaban J connectivity index is 1.01. The number of fused-ring (bicyclic) bond motifs is 8. The number of para-hydroxylation sites is 3. The van der Waals surface area contributed by atoms with Crippen molar-refractivity contribution in [3.05, 3.63) is 194 Å². The van der Waals surface area contributed by atoms with Gasteiger partial charge in [-0.05, 0) is 101 Å². The summed E-state index contributed by atoms with van der Waals surface area (Å²) >= 11 is 0. The number of anilines is 3. The molecule has 0 aliphatic rings. The van der Waals surface area contributed by atoms with Gasteiger partial charge in [0.2, 0.25) is 0 Å². The molecule has 8 aromatic carbocycles. The molecule has 0 saturated carbocycles. The molecule has 54 heavy (non-hydrogen) atoms. The van der Waals surface area contributed by atoms with E-state index in [1.165, 1.54) is 38.5 Å². The average molecular weight is 693 g/mol. The Labute approximate surface area is 311 Å². The molecule has 4 nitrogen and oxygen atoms in total. The van der Waals surface area contributed by atoms with Gasteiger partial charge < -0.3 is 18.3 Å². The van der Waals surface area contributed by atoms with E-state index in [9.17, 15) is 0 Å². The van der Waals surface area contributed by atoms with Crippen LogP contribution < -0.4 is 4.90 Å². The lowest BCUT2D eigenvalue weighted by Crippen LogP contribution is -2.09. The van der Waals surface area contributed by atoms with Gasteiger partial charge in [0.05, 0.1) is 21.8 Å². The monoisotopic (exact) mass is 692 g/mol. The Kier molecular flexibility index (Phi) is 6.82. The summed E-state index contributed by atoms with van der Waals surface area (Å²) in [7, 11) is 0. The Morgan fingerprint density at radius 3 is 1.59 bits per heavy atom. The average Bonchev–Trinajstić information content (AvgIpc) is 3.90. The number of furan rings is 2. The molecule has 0 fully saturated rings. The lowest BCUT2D eigenvalue weighted by molar-refractivity contribution is 0.653. The highest BCUT2D eigenvalue weighted by atomic mass is 16.4. The lowest BCUT2D eigenvalue weighted by Gasteiger charge is -2.26. The first-order valence-corrected chi connectivity index (χ1v) is 18.3. The zero-order valence-electron chi connectivity index (χ0n) is 29.2. The third-order valence-electron chi connectivity index (χ3n) is 10.6. The fraction of sp³-hybridized carbons (Fsp3) is 0. The van der Waals surface area contributed by atoms with Gasteiger partial charge in [-0.15, -0.1) is 0 Å². The van der Waals surface area contributed by atoms with Crippen molar-refractivity contribution >= 4 is 72.0 Å². The van der Waals surface area contributed by atoms with E-state index >= 15 is 0 Å². The third kappa shape index (κ3) is 4.85. The van der Waals surface area contributed by atoms with Gasteiger partial charge in [0.1, 0.15) is 11.2 Å². The third-order valence-corrected chi connectivity index (χ3v) is 10.6. The second kappa shape index (κ2) is 12.1. The van der Waals surface area contributed by atoms with Gasteiger partial charge in [0.25, 0.3) is 0 Å². The zero-order valence-corrected chi connectivity index (χ0v) is 29.2. The summed E-state index contributed by atoms with van der Waals surface area (Å²) in [5, 5.41) is 4.43. The first kappa shape index (κ1) is 30.3. The van der Waals surface area contributed by atoms with Gasteiger partial charge in [-0.2, -0.15) is 0 Å². The van der Waals surface area contributed by atoms with E-state index in [4.69, 9.17) is 8.83 Å². The molecule has 4 heteroatoms. The van der Waals surface area contributed by atoms with E-state index in [0.717, 1.165) is 61.4 Å². The molecule has 11 aromatic rings. The van der Waals surface area contributed by atoms with Crippen LogP contribution in [0.4, 0.5) is 17.1 Å². The number of benzene rings is 8. The number of aromatic nitrogens is 1. The number of hydrogen-bond acceptors (Lipinski definition) is 3. The molecule has 0 atom stereocenters. The molecule has 0 bridgehead atoms. The predicted molar refractivity (Wildman–Crippen MR) is 223 cm³/mol. The molecule has 3 heterocycles. The van der Waals surface area contributed by atoms with Crippen LogP contribution in [0.2, 0.25) is 0 Å². The molecule has 0 saturated heterocycles. The SMILES string of the molecule is c1ccc(-c2ccc(N(c3ccc(-c4ccc5c(c4)c4ccccc4n5-c4ccccc4)cc3)c3ccc4c(c3)oc3c5ccccc5oc43)cc2)cc1. The molecule has 3 aromatic heterocycles. The van der Waals surface area contributed by atoms with Crippen molar-refractivity contribution in [2.75, 3.05) is 4.90 Å². The minimum atomic E-state index is 0.782. The Morgan fingerprint density at radius 2 is 0.852 bits per heavy atom. The van der Waals surface area contributed by atoms with Crippen molar-refractivity contribution in [2.45, 2.75) is 0 Å². The van der Waals surface area contributed by atoms with Crippen molar-refractivity contribution in [3.63, 3.8) is 0 Å². The van der Waals surface area contributed by atoms with Crippen molar-refractivity contribution < 1.29 is 8.83 Å². The maximum Gasteiger partial charge on any atom is 0.181 e. The summed E-state index contributed by atoms with van der Waals surface area (Å²) in [6.07, 6.45) is 0. The second-order valence-electron chi connectivity index (χ2n) is 13.8. The highest BCUT2D eigenvalue weighted by Gasteiger charge is 2.20. The smallest absolute Gasteiger partial charge is 0.181 e. The molecule has 0 amide bonds. The zero-order chi connectivity index (χ0) is 35.6. The maximum atomic E-state index is 6.50. The Hall–Kier alpha value is -7.30. The number of nitrogens with zero attached hydrogens (tertiary/aromatic N) is 2. The molecule has 0 N–H and O–H groups in total. The molecule has 0 aliphatic heterocycles. The van der Waals surface area contributed by atoms with Crippen molar-refractivity contribution in [3.8, 4) is 27.9 Å². The van der Waals surface area contributed by atoms with Crippen LogP contribution in [-0.4, -0.2) is 4.57 Å². The van der Waals surface area contributed by atoms with Gasteiger partial charge in [-0.1, -0.05) is 109 Å². The number of hydrogen-bond donors (Lipinski definition) is 0. The highest BCUT2D eigenvalue weighted by molar-refractivity contribution is 6.13. The van der Waals surface area contributed by atoms with Crippen LogP contribution in [0.5, 0.6) is 0 Å². The van der Waals surface area contributed by atoms with Crippen LogP contribution in [0.25, 0.3) is 82.9 Å². The lowest BCUT2D eigenvalue weighted by atomic mass is 10.0. The fourth-order valence-corrected chi connectivity index (χ4v) is 8.02. The Bertz CT molecular complexity index is 3130. The fourth-order valence-electron chi connectivity index (χ4n) is 8.02. The van der Waals surface area contributed by atoms with E-state index in [1.54, 1.807) is 0 Å². The predicted octanol–water partition coefficient (Wildman–Crippen LogP) is 14.2. The van der Waals surface area contributed by atoms with E-state index < -0.39 is 0 Å². The minimum Gasteiger partial charge on any atom is -0.452 e. The molecule has 0 aliphatic carbocycles. The van der Waals surface area contributed by atoms with E-state index in [1.807, 2.05) is 24.3 Å². The molecule has 11 rings (SSSR count). The van der Waals surface area contributed by atoms with Gasteiger partial charge in [-0.3, -0.25) is 0 Å². The topological polar surface area (TPSA) is 34.5 Å². The van der Waals surface area contributed by atoms with Gasteiger partial charge in [-0.25, -0.2) is 0 Å². The van der Waals surface area contributed by atoms with Crippen LogP contribution in [-0.2, 0) is 0 Å². The maximum absolute atomic E-state index is 6.50. The van der Waals surface area contributed by atoms with E-state index in [2.05, 4.69) is 179 Å². The van der Waals surface area contributed by atoms with E-state index in [-0.39, 0.29) is 0 Å². The molecule has 0 radical (unpaired) electrons. The van der Waals surface area contributed by atoms with Crippen molar-refractivity contribution in [1.82, 2.24) is 4.57 Å². The van der Waals surface area contributed by atoms with Crippen LogP contribution in [0.3, 0.4) is 0 Å². The quantitative estimate of drug-likeness (QED) is 0.174. The second-order valence-corrected chi connectivity index (χ2v) is 13.8. The largest absolute Gasteiger partial charge is 0.452 e. The summed E-state index contributed by atoms with van der Waals surface area (Å²) in [6, 6.07) is 68.6. The molecule has 254 valence electrons. The summed E-state index contributed by atoms with van der Waals surface area (Å²) < 4.78 is 15.1. The number of rotatable bonds is 6. The van der Waals surface area contributed by atoms with Gasteiger partial charge >= 0.3 is 0 Å². The summed E-state index contributed by atoms with van der Waals surface area (Å²) in [5.74, 6) is 0. The normalized spacial score (nSPS) is 11.7. The van der Waals surface area contributed by atoms with Gasteiger partial charge in [0, 0.05) is 39.6 Å². The molecule has 0 spiro atoms. The summed E-state index contributed by atoms with van der Waals surface area (Å²) in [6.45, 7) is 0. The minimum absolute atomic E-state index is 0.782. The highest BCUT2D eigenvalue weighted by Crippen LogP contribution is 2.42. The van der Waals surface area contributed by atoms with Crippen molar-refractivity contribution in [2.24, 2.45) is 0 Å². The molecular weight excluding hydrogens is 661 g/mol. The summed E-state index contributed by atoms with van der Waals surface area (Å²) in [4.78, 5) is 2.29. The molecular formula is C50H32N2O2. The first-order valence-electron chi connectivity index (χ1n) is 18.3. The van der Waals surface area contributed by atoms with Gasteiger partial charge in [0.15, 0.2) is 11.2 Å². The van der Waals surface area contributed by atoms with Crippen molar-refractivity contribution in [1.29, 1.82) is 0 Å². The summed E-state index contributed by atoms with van der Waals surface area (Å²) in [5.41, 5.74) is 14.5. The molecule has 0 unspecified atom stereocenters. The van der Waals surface area contributed by atoms with Crippen LogP contribution in [0.15, 0.2) is 203 Å². The van der Waals surface area contributed by atoms with E-state index in [0.29, 0.717) is 0 Å². The Morgan fingerprint density at radius 1 is 0.333 bits per heavy atom. The van der Waals surface area contributed by atoms with Crippen LogP contribution >= 0.6 is 0 Å².